The molecule has 0 spiro atoms. The van der Waals surface area contributed by atoms with Crippen LogP contribution in [0.1, 0.15) is 5.56 Å². The van der Waals surface area contributed by atoms with Crippen LogP contribution in [0.4, 0.5) is 4.39 Å². The second-order valence-corrected chi connectivity index (χ2v) is 3.29. The number of halogens is 1. The quantitative estimate of drug-likeness (QED) is 0.716. The number of rotatable bonds is 2. The van der Waals surface area contributed by atoms with Gasteiger partial charge in [0.1, 0.15) is 5.82 Å². The number of pyridine rings is 1. The minimum absolute atomic E-state index is 0.264. The summed E-state index contributed by atoms with van der Waals surface area (Å²) in [6.07, 6.45) is 3.27. The SMILES string of the molecule is Fc1cccc(C=S)c1-c1ccncc1. The van der Waals surface area contributed by atoms with Crippen molar-refractivity contribution in [1.82, 2.24) is 4.98 Å². The Morgan fingerprint density at radius 3 is 2.53 bits per heavy atom. The van der Waals surface area contributed by atoms with Gasteiger partial charge in [-0.3, -0.25) is 4.98 Å². The Balaban J connectivity index is 2.66. The number of thiocarbonyl (C=S) groups is 1. The molecular formula is C12H8FNS. The molecule has 0 atom stereocenters. The van der Waals surface area contributed by atoms with Crippen molar-refractivity contribution in [3.63, 3.8) is 0 Å². The molecule has 0 saturated carbocycles. The van der Waals surface area contributed by atoms with Gasteiger partial charge >= 0.3 is 0 Å². The molecule has 0 unspecified atom stereocenters. The average molecular weight is 217 g/mol. The zero-order chi connectivity index (χ0) is 10.7. The lowest BCUT2D eigenvalue weighted by Crippen LogP contribution is -1.91. The van der Waals surface area contributed by atoms with Crippen molar-refractivity contribution in [1.29, 1.82) is 0 Å². The first-order chi connectivity index (χ1) is 7.33. The van der Waals surface area contributed by atoms with Gasteiger partial charge in [-0.2, -0.15) is 0 Å². The molecule has 0 aliphatic carbocycles. The minimum Gasteiger partial charge on any atom is -0.265 e. The van der Waals surface area contributed by atoms with Crippen molar-refractivity contribution in [2.24, 2.45) is 0 Å². The lowest BCUT2D eigenvalue weighted by Gasteiger charge is -2.06. The van der Waals surface area contributed by atoms with Crippen LogP contribution in [0.15, 0.2) is 42.7 Å². The zero-order valence-electron chi connectivity index (χ0n) is 7.85. The summed E-state index contributed by atoms with van der Waals surface area (Å²) in [6.45, 7) is 0. The second-order valence-electron chi connectivity index (χ2n) is 3.06. The van der Waals surface area contributed by atoms with Gasteiger partial charge in [-0.15, -0.1) is 0 Å². The first kappa shape index (κ1) is 9.93. The summed E-state index contributed by atoms with van der Waals surface area (Å²) < 4.78 is 13.6. The van der Waals surface area contributed by atoms with Crippen LogP contribution in [0.3, 0.4) is 0 Å². The van der Waals surface area contributed by atoms with Crippen molar-refractivity contribution in [2.75, 3.05) is 0 Å². The molecule has 1 heterocycles. The normalized spacial score (nSPS) is 9.93. The fourth-order valence-electron chi connectivity index (χ4n) is 1.46. The molecule has 0 radical (unpaired) electrons. The first-order valence-corrected chi connectivity index (χ1v) is 4.94. The molecule has 1 aromatic carbocycles. The largest absolute Gasteiger partial charge is 0.265 e. The van der Waals surface area contributed by atoms with Crippen LogP contribution in [-0.2, 0) is 0 Å². The van der Waals surface area contributed by atoms with Crippen molar-refractivity contribution < 1.29 is 4.39 Å². The van der Waals surface area contributed by atoms with Crippen LogP contribution in [0.5, 0.6) is 0 Å². The highest BCUT2D eigenvalue weighted by molar-refractivity contribution is 7.79. The molecule has 3 heteroatoms. The van der Waals surface area contributed by atoms with E-state index in [-0.39, 0.29) is 5.82 Å². The lowest BCUT2D eigenvalue weighted by atomic mass is 10.0. The maximum absolute atomic E-state index is 13.6. The van der Waals surface area contributed by atoms with Gasteiger partial charge < -0.3 is 0 Å². The summed E-state index contributed by atoms with van der Waals surface area (Å²) in [4.78, 5) is 3.90. The van der Waals surface area contributed by atoms with E-state index in [9.17, 15) is 4.39 Å². The Kier molecular flexibility index (Phi) is 2.83. The van der Waals surface area contributed by atoms with E-state index in [0.29, 0.717) is 5.56 Å². The van der Waals surface area contributed by atoms with Crippen molar-refractivity contribution in [3.05, 3.63) is 54.1 Å². The van der Waals surface area contributed by atoms with Crippen LogP contribution >= 0.6 is 12.2 Å². The Morgan fingerprint density at radius 1 is 1.13 bits per heavy atom. The molecule has 1 aromatic heterocycles. The summed E-state index contributed by atoms with van der Waals surface area (Å²) in [5.74, 6) is -0.264. The molecule has 0 N–H and O–H groups in total. The fourth-order valence-corrected chi connectivity index (χ4v) is 1.66. The molecule has 15 heavy (non-hydrogen) atoms. The second kappa shape index (κ2) is 4.28. The van der Waals surface area contributed by atoms with Gasteiger partial charge in [0.2, 0.25) is 0 Å². The molecule has 0 aliphatic heterocycles. The van der Waals surface area contributed by atoms with Crippen LogP contribution in [0.25, 0.3) is 11.1 Å². The highest BCUT2D eigenvalue weighted by atomic mass is 32.1. The minimum atomic E-state index is -0.264. The summed E-state index contributed by atoms with van der Waals surface area (Å²) in [7, 11) is 0. The number of hydrogen-bond donors (Lipinski definition) is 0. The summed E-state index contributed by atoms with van der Waals surface area (Å²) in [5.41, 5.74) is 2.05. The summed E-state index contributed by atoms with van der Waals surface area (Å²) >= 11 is 4.86. The van der Waals surface area contributed by atoms with Crippen LogP contribution in [0, 0.1) is 5.82 Å². The van der Waals surface area contributed by atoms with E-state index < -0.39 is 0 Å². The highest BCUT2D eigenvalue weighted by Crippen LogP contribution is 2.25. The van der Waals surface area contributed by atoms with Gasteiger partial charge in [0.05, 0.1) is 0 Å². The fraction of sp³-hybridized carbons (Fsp3) is 0. The van der Waals surface area contributed by atoms with Crippen molar-refractivity contribution >= 4 is 17.6 Å². The third kappa shape index (κ3) is 1.92. The molecule has 1 nitrogen and oxygen atoms in total. The Morgan fingerprint density at radius 2 is 1.87 bits per heavy atom. The van der Waals surface area contributed by atoms with Gasteiger partial charge in [-0.1, -0.05) is 24.4 Å². The molecule has 0 saturated heterocycles. The van der Waals surface area contributed by atoms with Crippen molar-refractivity contribution in [3.8, 4) is 11.1 Å². The molecule has 2 aromatic rings. The molecule has 2 rings (SSSR count). The number of aromatic nitrogens is 1. The Labute approximate surface area is 92.6 Å². The van der Waals surface area contributed by atoms with E-state index in [4.69, 9.17) is 12.2 Å². The average Bonchev–Trinajstić information content (AvgIpc) is 2.29. The van der Waals surface area contributed by atoms with Gasteiger partial charge in [-0.05, 0) is 29.3 Å². The Bertz CT molecular complexity index is 482. The zero-order valence-corrected chi connectivity index (χ0v) is 8.67. The van der Waals surface area contributed by atoms with Gasteiger partial charge in [0.25, 0.3) is 0 Å². The molecular weight excluding hydrogens is 209 g/mol. The van der Waals surface area contributed by atoms with E-state index in [1.807, 2.05) is 0 Å². The van der Waals surface area contributed by atoms with E-state index in [2.05, 4.69) is 4.98 Å². The molecule has 74 valence electrons. The third-order valence-electron chi connectivity index (χ3n) is 2.14. The molecule has 0 bridgehead atoms. The van der Waals surface area contributed by atoms with Gasteiger partial charge in [0.15, 0.2) is 0 Å². The number of benzene rings is 1. The first-order valence-electron chi connectivity index (χ1n) is 4.47. The highest BCUT2D eigenvalue weighted by Gasteiger charge is 2.08. The van der Waals surface area contributed by atoms with Crippen LogP contribution in [-0.4, -0.2) is 10.4 Å². The maximum atomic E-state index is 13.6. The Hall–Kier alpha value is -1.61. The monoisotopic (exact) mass is 217 g/mol. The van der Waals surface area contributed by atoms with Crippen molar-refractivity contribution in [2.45, 2.75) is 0 Å². The molecule has 0 fully saturated rings. The van der Waals surface area contributed by atoms with E-state index >= 15 is 0 Å². The topological polar surface area (TPSA) is 12.9 Å². The number of hydrogen-bond acceptors (Lipinski definition) is 2. The predicted molar refractivity (Wildman–Crippen MR) is 62.4 cm³/mol. The van der Waals surface area contributed by atoms with E-state index in [1.165, 1.54) is 11.4 Å². The van der Waals surface area contributed by atoms with Crippen LogP contribution < -0.4 is 0 Å². The maximum Gasteiger partial charge on any atom is 0.131 e. The third-order valence-corrected chi connectivity index (χ3v) is 2.40. The standard InChI is InChI=1S/C12H8FNS/c13-11-3-1-2-10(8-15)12(11)9-4-6-14-7-5-9/h1-8H. The predicted octanol–water partition coefficient (Wildman–Crippen LogP) is 3.24. The van der Waals surface area contributed by atoms with E-state index in [1.54, 1.807) is 36.7 Å². The van der Waals surface area contributed by atoms with Gasteiger partial charge in [0, 0.05) is 23.3 Å². The molecule has 0 amide bonds. The summed E-state index contributed by atoms with van der Waals surface area (Å²) in [6, 6.07) is 8.41. The summed E-state index contributed by atoms with van der Waals surface area (Å²) in [5, 5.41) is 1.48. The van der Waals surface area contributed by atoms with E-state index in [0.717, 1.165) is 11.1 Å². The lowest BCUT2D eigenvalue weighted by molar-refractivity contribution is 0.631. The van der Waals surface area contributed by atoms with Crippen LogP contribution in [0.2, 0.25) is 0 Å². The molecule has 0 aliphatic rings. The van der Waals surface area contributed by atoms with Gasteiger partial charge in [-0.25, -0.2) is 4.39 Å². The smallest absolute Gasteiger partial charge is 0.131 e. The number of nitrogens with zero attached hydrogens (tertiary/aromatic N) is 1.